The van der Waals surface area contributed by atoms with E-state index in [1.807, 2.05) is 6.07 Å². The number of benzene rings is 1. The van der Waals surface area contributed by atoms with Crippen LogP contribution >= 0.6 is 0 Å². The molecule has 1 aromatic rings. The minimum absolute atomic E-state index is 0.000774. The molecule has 0 unspecified atom stereocenters. The molecule has 0 aliphatic carbocycles. The Balaban J connectivity index is 2.68. The van der Waals surface area contributed by atoms with Gasteiger partial charge in [-0.2, -0.15) is 5.26 Å². The van der Waals surface area contributed by atoms with Gasteiger partial charge >= 0.3 is 12.1 Å². The molecule has 0 saturated heterocycles. The third-order valence-electron chi connectivity index (χ3n) is 3.12. The van der Waals surface area contributed by atoms with Gasteiger partial charge in [-0.25, -0.2) is 9.59 Å². The van der Waals surface area contributed by atoms with Crippen LogP contribution < -0.4 is 11.1 Å². The van der Waals surface area contributed by atoms with Crippen molar-refractivity contribution in [3.05, 3.63) is 35.4 Å². The van der Waals surface area contributed by atoms with E-state index in [0.29, 0.717) is 11.1 Å². The molecular formula is C18H23N3O5. The summed E-state index contributed by atoms with van der Waals surface area (Å²) in [4.78, 5) is 35.1. The van der Waals surface area contributed by atoms with Crippen LogP contribution in [-0.4, -0.2) is 29.6 Å². The van der Waals surface area contributed by atoms with Crippen molar-refractivity contribution < 1.29 is 23.9 Å². The fourth-order valence-electron chi connectivity index (χ4n) is 1.92. The summed E-state index contributed by atoms with van der Waals surface area (Å²) in [6.45, 7) is 5.03. The Morgan fingerprint density at radius 3 is 2.35 bits per heavy atom. The third-order valence-corrected chi connectivity index (χ3v) is 3.12. The van der Waals surface area contributed by atoms with Crippen molar-refractivity contribution in [2.45, 2.75) is 51.9 Å². The van der Waals surface area contributed by atoms with Crippen molar-refractivity contribution in [3.8, 4) is 6.07 Å². The van der Waals surface area contributed by atoms with Crippen molar-refractivity contribution in [1.29, 1.82) is 5.26 Å². The lowest BCUT2D eigenvalue weighted by Crippen LogP contribution is -2.44. The Hall–Kier alpha value is -3.08. The molecular weight excluding hydrogens is 338 g/mol. The average Bonchev–Trinajstić information content (AvgIpc) is 2.55. The minimum Gasteiger partial charge on any atom is -0.459 e. The van der Waals surface area contributed by atoms with Crippen molar-refractivity contribution in [3.63, 3.8) is 0 Å². The highest BCUT2D eigenvalue weighted by Crippen LogP contribution is 2.10. The van der Waals surface area contributed by atoms with Crippen LogP contribution in [0.1, 0.15) is 44.7 Å². The first kappa shape index (κ1) is 21.0. The monoisotopic (exact) mass is 361 g/mol. The number of nitriles is 1. The van der Waals surface area contributed by atoms with Gasteiger partial charge in [0.15, 0.2) is 0 Å². The average molecular weight is 361 g/mol. The van der Waals surface area contributed by atoms with Crippen molar-refractivity contribution in [2.24, 2.45) is 5.73 Å². The zero-order valence-corrected chi connectivity index (χ0v) is 15.1. The molecule has 0 aliphatic heterocycles. The lowest BCUT2D eigenvalue weighted by atomic mass is 10.1. The molecule has 26 heavy (non-hydrogen) atoms. The Labute approximate surface area is 152 Å². The van der Waals surface area contributed by atoms with E-state index >= 15 is 0 Å². The summed E-state index contributed by atoms with van der Waals surface area (Å²) in [5.41, 5.74) is 5.55. The van der Waals surface area contributed by atoms with E-state index in [1.54, 1.807) is 45.0 Å². The van der Waals surface area contributed by atoms with Crippen LogP contribution in [0.4, 0.5) is 4.79 Å². The number of esters is 1. The fraction of sp³-hybridized carbons (Fsp3) is 0.444. The zero-order chi connectivity index (χ0) is 19.7. The lowest BCUT2D eigenvalue weighted by molar-refractivity contribution is -0.147. The summed E-state index contributed by atoms with van der Waals surface area (Å²) in [5.74, 6) is -1.30. The maximum Gasteiger partial charge on any atom is 0.408 e. The van der Waals surface area contributed by atoms with Crippen LogP contribution in [0.15, 0.2) is 24.3 Å². The molecule has 0 bridgehead atoms. The number of ether oxygens (including phenoxy) is 2. The molecule has 140 valence electrons. The number of hydrogen-bond donors (Lipinski definition) is 2. The SMILES string of the molecule is CC(C)(C)OC(=O)N[C@@H](CCC(N)=O)C(=O)OCc1ccc(C#N)cc1. The Morgan fingerprint density at radius 1 is 1.23 bits per heavy atom. The van der Waals surface area contributed by atoms with Crippen LogP contribution in [0.25, 0.3) is 0 Å². The summed E-state index contributed by atoms with van der Waals surface area (Å²) in [6.07, 6.45) is -0.880. The topological polar surface area (TPSA) is 132 Å². The predicted molar refractivity (Wildman–Crippen MR) is 92.5 cm³/mol. The highest BCUT2D eigenvalue weighted by atomic mass is 16.6. The standard InChI is InChI=1S/C18H23N3O5/c1-18(2,3)26-17(24)21-14(8-9-15(20)22)16(23)25-11-13-6-4-12(10-19)5-7-13/h4-7,14H,8-9,11H2,1-3H3,(H2,20,22)(H,21,24)/t14-/m0/s1. The molecule has 8 nitrogen and oxygen atoms in total. The van der Waals surface area contributed by atoms with E-state index in [4.69, 9.17) is 20.5 Å². The maximum atomic E-state index is 12.3. The smallest absolute Gasteiger partial charge is 0.408 e. The summed E-state index contributed by atoms with van der Waals surface area (Å²) in [7, 11) is 0. The first-order valence-corrected chi connectivity index (χ1v) is 8.04. The number of amides is 2. The van der Waals surface area contributed by atoms with Gasteiger partial charge in [0.25, 0.3) is 0 Å². The second-order valence-corrected chi connectivity index (χ2v) is 6.62. The number of nitrogens with two attached hydrogens (primary N) is 1. The van der Waals surface area contributed by atoms with Gasteiger partial charge in [0, 0.05) is 6.42 Å². The highest BCUT2D eigenvalue weighted by Gasteiger charge is 2.26. The number of nitrogens with zero attached hydrogens (tertiary/aromatic N) is 1. The van der Waals surface area contributed by atoms with Crippen molar-refractivity contribution in [2.75, 3.05) is 0 Å². The van der Waals surface area contributed by atoms with Crippen LogP contribution in [0.5, 0.6) is 0 Å². The zero-order valence-electron chi connectivity index (χ0n) is 15.1. The van der Waals surface area contributed by atoms with Crippen LogP contribution in [-0.2, 0) is 25.7 Å². The van der Waals surface area contributed by atoms with Gasteiger partial charge in [0.2, 0.25) is 5.91 Å². The molecule has 0 radical (unpaired) electrons. The number of carbonyl (C=O) groups excluding carboxylic acids is 3. The first-order valence-electron chi connectivity index (χ1n) is 8.04. The van der Waals surface area contributed by atoms with Gasteiger partial charge in [-0.1, -0.05) is 12.1 Å². The van der Waals surface area contributed by atoms with Gasteiger partial charge in [0.05, 0.1) is 11.6 Å². The molecule has 0 spiro atoms. The van der Waals surface area contributed by atoms with E-state index < -0.39 is 29.6 Å². The third kappa shape index (κ3) is 8.15. The molecule has 0 fully saturated rings. The Bertz CT molecular complexity index is 686. The number of rotatable bonds is 7. The number of nitrogens with one attached hydrogen (secondary N) is 1. The molecule has 1 rings (SSSR count). The molecule has 1 aromatic carbocycles. The quantitative estimate of drug-likeness (QED) is 0.711. The minimum atomic E-state index is -1.06. The summed E-state index contributed by atoms with van der Waals surface area (Å²) in [5, 5.41) is 11.2. The molecule has 8 heteroatoms. The van der Waals surface area contributed by atoms with Gasteiger partial charge in [-0.3, -0.25) is 4.79 Å². The molecule has 1 atom stereocenters. The normalized spacial score (nSPS) is 11.8. The number of alkyl carbamates (subject to hydrolysis) is 1. The van der Waals surface area contributed by atoms with Gasteiger partial charge in [0.1, 0.15) is 18.2 Å². The van der Waals surface area contributed by atoms with E-state index in [0.717, 1.165) is 0 Å². The first-order chi connectivity index (χ1) is 12.1. The highest BCUT2D eigenvalue weighted by molar-refractivity contribution is 5.82. The number of primary amides is 1. The largest absolute Gasteiger partial charge is 0.459 e. The maximum absolute atomic E-state index is 12.3. The van der Waals surface area contributed by atoms with Crippen LogP contribution in [0.2, 0.25) is 0 Å². The lowest BCUT2D eigenvalue weighted by Gasteiger charge is -2.22. The van der Waals surface area contributed by atoms with E-state index in [-0.39, 0.29) is 19.4 Å². The predicted octanol–water partition coefficient (Wildman–Crippen LogP) is 1.76. The molecule has 0 saturated carbocycles. The van der Waals surface area contributed by atoms with Gasteiger partial charge in [-0.15, -0.1) is 0 Å². The Morgan fingerprint density at radius 2 is 1.85 bits per heavy atom. The van der Waals surface area contributed by atoms with Crippen molar-refractivity contribution in [1.82, 2.24) is 5.32 Å². The molecule has 0 heterocycles. The number of hydrogen-bond acceptors (Lipinski definition) is 6. The fourth-order valence-corrected chi connectivity index (χ4v) is 1.92. The van der Waals surface area contributed by atoms with Gasteiger partial charge in [-0.05, 0) is 44.9 Å². The summed E-state index contributed by atoms with van der Waals surface area (Å²) >= 11 is 0. The van der Waals surface area contributed by atoms with E-state index in [1.165, 1.54) is 0 Å². The number of carbonyl (C=O) groups is 3. The van der Waals surface area contributed by atoms with Crippen LogP contribution in [0, 0.1) is 11.3 Å². The Kier molecular flexibility index (Phi) is 7.59. The second-order valence-electron chi connectivity index (χ2n) is 6.62. The summed E-state index contributed by atoms with van der Waals surface area (Å²) < 4.78 is 10.3. The van der Waals surface area contributed by atoms with E-state index in [9.17, 15) is 14.4 Å². The molecule has 3 N–H and O–H groups in total. The molecule has 0 aliphatic rings. The van der Waals surface area contributed by atoms with Crippen LogP contribution in [0.3, 0.4) is 0 Å². The molecule has 0 aromatic heterocycles. The summed E-state index contributed by atoms with van der Waals surface area (Å²) in [6, 6.07) is 7.46. The van der Waals surface area contributed by atoms with Gasteiger partial charge < -0.3 is 20.5 Å². The van der Waals surface area contributed by atoms with E-state index in [2.05, 4.69) is 5.32 Å². The molecule has 2 amide bonds. The second kappa shape index (κ2) is 9.42. The van der Waals surface area contributed by atoms with Crippen molar-refractivity contribution >= 4 is 18.0 Å².